The fourth-order valence-electron chi connectivity index (χ4n) is 3.04. The Morgan fingerprint density at radius 2 is 1.63 bits per heavy atom. The Kier molecular flexibility index (Phi) is 5.48. The van der Waals surface area contributed by atoms with Gasteiger partial charge < -0.3 is 5.11 Å². The van der Waals surface area contributed by atoms with Gasteiger partial charge in [0.15, 0.2) is 0 Å². The number of aromatic hydroxyl groups is 1. The molecule has 0 aliphatic carbocycles. The van der Waals surface area contributed by atoms with Crippen molar-refractivity contribution in [3.8, 4) is 17.0 Å². The van der Waals surface area contributed by atoms with E-state index in [0.717, 1.165) is 5.56 Å². The first-order chi connectivity index (χ1) is 14.4. The molecule has 6 nitrogen and oxygen atoms in total. The molecule has 0 fully saturated rings. The number of phenols is 1. The van der Waals surface area contributed by atoms with Crippen LogP contribution in [0.15, 0.2) is 90.0 Å². The van der Waals surface area contributed by atoms with E-state index in [9.17, 15) is 13.5 Å². The Balaban J connectivity index is 1.77. The summed E-state index contributed by atoms with van der Waals surface area (Å²) >= 11 is 5.95. The molecule has 0 aliphatic heterocycles. The van der Waals surface area contributed by atoms with Gasteiger partial charge in [-0.15, -0.1) is 0 Å². The summed E-state index contributed by atoms with van der Waals surface area (Å²) < 4.78 is 30.4. The molecule has 0 bridgehead atoms. The van der Waals surface area contributed by atoms with E-state index in [1.165, 1.54) is 24.4 Å². The van der Waals surface area contributed by atoms with Crippen LogP contribution >= 0.6 is 11.6 Å². The van der Waals surface area contributed by atoms with E-state index in [1.807, 2.05) is 48.5 Å². The van der Waals surface area contributed by atoms with E-state index in [0.29, 0.717) is 22.8 Å². The molecular weight excluding hydrogens is 422 g/mol. The molecule has 3 aromatic carbocycles. The van der Waals surface area contributed by atoms with E-state index in [1.54, 1.807) is 16.8 Å². The molecule has 0 spiro atoms. The fraction of sp³-hybridized carbons (Fsp3) is 0.0455. The van der Waals surface area contributed by atoms with Crippen LogP contribution in [0, 0.1) is 0 Å². The van der Waals surface area contributed by atoms with Gasteiger partial charge >= 0.3 is 0 Å². The first-order valence-corrected chi connectivity index (χ1v) is 11.0. The third-order valence-corrected chi connectivity index (χ3v) is 6.06. The number of rotatable bonds is 6. The molecule has 8 heteroatoms. The van der Waals surface area contributed by atoms with E-state index in [-0.39, 0.29) is 16.3 Å². The van der Waals surface area contributed by atoms with Gasteiger partial charge in [-0.1, -0.05) is 72.3 Å². The monoisotopic (exact) mass is 439 g/mol. The third-order valence-electron chi connectivity index (χ3n) is 4.46. The van der Waals surface area contributed by atoms with Crippen LogP contribution in [0.5, 0.6) is 5.75 Å². The second kappa shape index (κ2) is 8.22. The minimum atomic E-state index is -4.05. The lowest BCUT2D eigenvalue weighted by atomic mass is 10.2. The summed E-state index contributed by atoms with van der Waals surface area (Å²) in [6, 6.07) is 22.9. The fourth-order valence-corrected chi connectivity index (χ4v) is 4.45. The molecule has 30 heavy (non-hydrogen) atoms. The van der Waals surface area contributed by atoms with E-state index >= 15 is 0 Å². The summed E-state index contributed by atoms with van der Waals surface area (Å²) in [6.45, 7) is 0.415. The SMILES string of the molecule is O=S(=O)(Nc1cc(Cl)ccc1O)c1cn(Cc2ccccc2)nc1-c1ccccc1. The molecule has 2 N–H and O–H groups in total. The molecule has 0 radical (unpaired) electrons. The Morgan fingerprint density at radius 1 is 0.967 bits per heavy atom. The van der Waals surface area contributed by atoms with Gasteiger partial charge in [0, 0.05) is 16.8 Å². The number of anilines is 1. The molecule has 152 valence electrons. The molecule has 4 aromatic rings. The number of nitrogens with zero attached hydrogens (tertiary/aromatic N) is 2. The zero-order chi connectivity index (χ0) is 21.1. The predicted molar refractivity (Wildman–Crippen MR) is 117 cm³/mol. The molecule has 4 rings (SSSR count). The first-order valence-electron chi connectivity index (χ1n) is 9.10. The normalized spacial score (nSPS) is 11.4. The molecule has 0 amide bonds. The van der Waals surface area contributed by atoms with Crippen LogP contribution in [-0.4, -0.2) is 23.3 Å². The summed E-state index contributed by atoms with van der Waals surface area (Å²) in [5.41, 5.74) is 1.97. The Bertz CT molecular complexity index is 1270. The molecule has 0 unspecified atom stereocenters. The number of sulfonamides is 1. The van der Waals surface area contributed by atoms with Gasteiger partial charge in [-0.3, -0.25) is 9.40 Å². The van der Waals surface area contributed by atoms with Gasteiger partial charge in [0.25, 0.3) is 10.0 Å². The highest BCUT2D eigenvalue weighted by molar-refractivity contribution is 7.92. The van der Waals surface area contributed by atoms with Gasteiger partial charge in [-0.2, -0.15) is 5.10 Å². The lowest BCUT2D eigenvalue weighted by Crippen LogP contribution is -2.13. The molecular formula is C22H18ClN3O3S. The smallest absolute Gasteiger partial charge is 0.265 e. The quantitative estimate of drug-likeness (QED) is 0.424. The third kappa shape index (κ3) is 4.32. The van der Waals surface area contributed by atoms with Gasteiger partial charge in [-0.05, 0) is 23.8 Å². The molecule has 0 saturated heterocycles. The van der Waals surface area contributed by atoms with Crippen molar-refractivity contribution in [1.82, 2.24) is 9.78 Å². The molecule has 1 heterocycles. The summed E-state index contributed by atoms with van der Waals surface area (Å²) in [5, 5.41) is 14.9. The maximum Gasteiger partial charge on any atom is 0.265 e. The maximum atomic E-state index is 13.2. The standard InChI is InChI=1S/C22H18ClN3O3S/c23-18-11-12-20(27)19(13-18)25-30(28,29)21-15-26(14-16-7-3-1-4-8-16)24-22(21)17-9-5-2-6-10-17/h1-13,15,25,27H,14H2. The number of aromatic nitrogens is 2. The van der Waals surface area contributed by atoms with Crippen molar-refractivity contribution < 1.29 is 13.5 Å². The number of phenolic OH excluding ortho intramolecular Hbond substituents is 1. The van der Waals surface area contributed by atoms with E-state index < -0.39 is 10.0 Å². The highest BCUT2D eigenvalue weighted by Gasteiger charge is 2.25. The van der Waals surface area contributed by atoms with Gasteiger partial charge in [0.1, 0.15) is 16.3 Å². The first kappa shape index (κ1) is 20.0. The van der Waals surface area contributed by atoms with Gasteiger partial charge in [0.05, 0.1) is 12.2 Å². The Labute approximate surface area is 179 Å². The van der Waals surface area contributed by atoms with Crippen LogP contribution in [0.25, 0.3) is 11.3 Å². The lowest BCUT2D eigenvalue weighted by Gasteiger charge is -2.10. The lowest BCUT2D eigenvalue weighted by molar-refractivity contribution is 0.477. The zero-order valence-electron chi connectivity index (χ0n) is 15.7. The van der Waals surface area contributed by atoms with Crippen LogP contribution in [0.2, 0.25) is 5.02 Å². The van der Waals surface area contributed by atoms with Crippen molar-refractivity contribution >= 4 is 27.3 Å². The summed E-state index contributed by atoms with van der Waals surface area (Å²) in [6.07, 6.45) is 1.49. The number of halogens is 1. The maximum absolute atomic E-state index is 13.2. The summed E-state index contributed by atoms with van der Waals surface area (Å²) in [7, 11) is -4.05. The topological polar surface area (TPSA) is 84.2 Å². The predicted octanol–water partition coefficient (Wildman–Crippen LogP) is 4.76. The van der Waals surface area contributed by atoms with Crippen LogP contribution in [0.3, 0.4) is 0 Å². The van der Waals surface area contributed by atoms with Crippen molar-refractivity contribution in [1.29, 1.82) is 0 Å². The van der Waals surface area contributed by atoms with Crippen molar-refractivity contribution in [3.63, 3.8) is 0 Å². The van der Waals surface area contributed by atoms with Crippen molar-refractivity contribution in [2.24, 2.45) is 0 Å². The Hall–Kier alpha value is -3.29. The van der Waals surface area contributed by atoms with Crippen LogP contribution in [0.4, 0.5) is 5.69 Å². The molecule has 1 aromatic heterocycles. The summed E-state index contributed by atoms with van der Waals surface area (Å²) in [4.78, 5) is 0.00371. The minimum absolute atomic E-state index is 0.00248. The second-order valence-electron chi connectivity index (χ2n) is 6.66. The zero-order valence-corrected chi connectivity index (χ0v) is 17.3. The van der Waals surface area contributed by atoms with Crippen LogP contribution in [0.1, 0.15) is 5.56 Å². The van der Waals surface area contributed by atoms with Crippen molar-refractivity contribution in [2.75, 3.05) is 4.72 Å². The average molecular weight is 440 g/mol. The van der Waals surface area contributed by atoms with Crippen molar-refractivity contribution in [3.05, 3.63) is 95.6 Å². The largest absolute Gasteiger partial charge is 0.506 e. The highest BCUT2D eigenvalue weighted by Crippen LogP contribution is 2.32. The Morgan fingerprint density at radius 3 is 2.33 bits per heavy atom. The van der Waals surface area contributed by atoms with Crippen molar-refractivity contribution in [2.45, 2.75) is 11.4 Å². The average Bonchev–Trinajstić information content (AvgIpc) is 3.17. The van der Waals surface area contributed by atoms with Crippen LogP contribution in [-0.2, 0) is 16.6 Å². The van der Waals surface area contributed by atoms with E-state index in [2.05, 4.69) is 9.82 Å². The van der Waals surface area contributed by atoms with Crippen LogP contribution < -0.4 is 4.72 Å². The molecule has 0 aliphatic rings. The van der Waals surface area contributed by atoms with Gasteiger partial charge in [-0.25, -0.2) is 8.42 Å². The van der Waals surface area contributed by atoms with E-state index in [4.69, 9.17) is 11.6 Å². The second-order valence-corrected chi connectivity index (χ2v) is 8.75. The number of benzene rings is 3. The van der Waals surface area contributed by atoms with Gasteiger partial charge in [0.2, 0.25) is 0 Å². The summed E-state index contributed by atoms with van der Waals surface area (Å²) in [5.74, 6) is -0.221. The number of nitrogens with one attached hydrogen (secondary N) is 1. The minimum Gasteiger partial charge on any atom is -0.506 e. The number of hydrogen-bond donors (Lipinski definition) is 2. The number of hydrogen-bond acceptors (Lipinski definition) is 4. The molecule has 0 saturated carbocycles. The molecule has 0 atom stereocenters. The highest BCUT2D eigenvalue weighted by atomic mass is 35.5.